The average Bonchev–Trinajstić information content (AvgIpc) is 3.21. The smallest absolute Gasteiger partial charge is 0.387 e. The van der Waals surface area contributed by atoms with Gasteiger partial charge < -0.3 is 24.8 Å². The maximum atomic E-state index is 12.6. The van der Waals surface area contributed by atoms with Crippen LogP contribution in [-0.2, 0) is 11.3 Å². The molecule has 0 aliphatic carbocycles. The van der Waals surface area contributed by atoms with Gasteiger partial charge >= 0.3 is 12.6 Å². The standard InChI is InChI=1S/C24H24F2N4O5/c1-13-16(2-3-17-18(13)12-34-23(17)33)20(31)11-30-6-4-15(5-7-30)29-22(32)19-8-21(35-24(25)26)14(9-27)10-28-19/h2-3,8,10,15,20,24,31H,4-7,11-12H2,1H3,(H,29,32). The Hall–Kier alpha value is -3.62. The lowest BCUT2D eigenvalue weighted by atomic mass is 9.94. The molecule has 0 saturated carbocycles. The zero-order valence-electron chi connectivity index (χ0n) is 19.0. The van der Waals surface area contributed by atoms with Crippen LogP contribution in [0.3, 0.4) is 0 Å². The minimum absolute atomic E-state index is 0.118. The van der Waals surface area contributed by atoms with Crippen LogP contribution in [-0.4, -0.2) is 59.2 Å². The Bertz CT molecular complexity index is 1180. The van der Waals surface area contributed by atoms with E-state index in [-0.39, 0.29) is 29.9 Å². The number of β-amino-alcohol motifs (C(OH)–C–C–N with tert-alkyl or cyclic N) is 1. The number of nitrogens with one attached hydrogen (secondary N) is 1. The van der Waals surface area contributed by atoms with Crippen LogP contribution in [0.25, 0.3) is 0 Å². The Labute approximate surface area is 200 Å². The summed E-state index contributed by atoms with van der Waals surface area (Å²) in [5, 5.41) is 22.6. The Morgan fingerprint density at radius 3 is 2.83 bits per heavy atom. The Balaban J connectivity index is 1.31. The first kappa shape index (κ1) is 24.5. The van der Waals surface area contributed by atoms with E-state index in [1.807, 2.05) is 6.92 Å². The van der Waals surface area contributed by atoms with Crippen LogP contribution in [0.2, 0.25) is 0 Å². The number of rotatable bonds is 7. The maximum absolute atomic E-state index is 12.6. The van der Waals surface area contributed by atoms with E-state index in [0.29, 0.717) is 38.0 Å². The minimum atomic E-state index is -3.13. The molecular formula is C24H24F2N4O5. The topological polar surface area (TPSA) is 125 Å². The minimum Gasteiger partial charge on any atom is -0.457 e. The second-order valence-electron chi connectivity index (χ2n) is 8.50. The molecule has 2 N–H and O–H groups in total. The molecule has 3 heterocycles. The number of hydrogen-bond acceptors (Lipinski definition) is 8. The molecule has 1 aromatic heterocycles. The summed E-state index contributed by atoms with van der Waals surface area (Å²) < 4.78 is 34.5. The zero-order valence-corrected chi connectivity index (χ0v) is 19.0. The third kappa shape index (κ3) is 5.39. The first-order valence-corrected chi connectivity index (χ1v) is 11.1. The number of nitrogens with zero attached hydrogens (tertiary/aromatic N) is 3. The summed E-state index contributed by atoms with van der Waals surface area (Å²) in [5.41, 5.74) is 2.66. The molecule has 4 rings (SSSR count). The Morgan fingerprint density at radius 1 is 1.40 bits per heavy atom. The van der Waals surface area contributed by atoms with Gasteiger partial charge in [-0.2, -0.15) is 14.0 Å². The van der Waals surface area contributed by atoms with Gasteiger partial charge in [-0.05, 0) is 37.0 Å². The molecule has 35 heavy (non-hydrogen) atoms. The number of alkyl halides is 2. The summed E-state index contributed by atoms with van der Waals surface area (Å²) in [6, 6.07) is 6.02. The first-order valence-electron chi connectivity index (χ1n) is 11.1. The van der Waals surface area contributed by atoms with Gasteiger partial charge in [0.15, 0.2) is 0 Å². The molecule has 0 radical (unpaired) electrons. The van der Waals surface area contributed by atoms with E-state index >= 15 is 0 Å². The van der Waals surface area contributed by atoms with Crippen LogP contribution in [0.5, 0.6) is 5.75 Å². The highest BCUT2D eigenvalue weighted by atomic mass is 19.3. The van der Waals surface area contributed by atoms with Crippen molar-refractivity contribution in [1.29, 1.82) is 5.26 Å². The maximum Gasteiger partial charge on any atom is 0.387 e. The number of piperidine rings is 1. The Morgan fingerprint density at radius 2 is 2.14 bits per heavy atom. The molecule has 2 aliphatic heterocycles. The summed E-state index contributed by atoms with van der Waals surface area (Å²) in [7, 11) is 0. The number of esters is 1. The number of carbonyl (C=O) groups excluding carboxylic acids is 2. The molecule has 1 saturated heterocycles. The van der Waals surface area contributed by atoms with Crippen molar-refractivity contribution >= 4 is 11.9 Å². The largest absolute Gasteiger partial charge is 0.457 e. The highest BCUT2D eigenvalue weighted by Crippen LogP contribution is 2.30. The normalized spacial score (nSPS) is 17.0. The second-order valence-corrected chi connectivity index (χ2v) is 8.50. The molecule has 1 unspecified atom stereocenters. The van der Waals surface area contributed by atoms with Crippen molar-refractivity contribution in [2.45, 2.75) is 45.1 Å². The number of aliphatic hydroxyl groups is 1. The summed E-state index contributed by atoms with van der Waals surface area (Å²) in [6.45, 7) is 0.630. The number of carbonyl (C=O) groups is 2. The molecule has 1 aromatic carbocycles. The highest BCUT2D eigenvalue weighted by Gasteiger charge is 2.28. The molecule has 1 atom stereocenters. The number of pyridine rings is 1. The molecule has 0 spiro atoms. The van der Waals surface area contributed by atoms with E-state index in [2.05, 4.69) is 19.9 Å². The summed E-state index contributed by atoms with van der Waals surface area (Å²) in [4.78, 5) is 30.3. The fraction of sp³-hybridized carbons (Fsp3) is 0.417. The van der Waals surface area contributed by atoms with Gasteiger partial charge in [-0.3, -0.25) is 4.79 Å². The third-order valence-corrected chi connectivity index (χ3v) is 6.36. The number of ether oxygens (including phenoxy) is 2. The van der Waals surface area contributed by atoms with Gasteiger partial charge in [-0.25, -0.2) is 9.78 Å². The number of fused-ring (bicyclic) bond motifs is 1. The summed E-state index contributed by atoms with van der Waals surface area (Å²) in [6.07, 6.45) is 1.54. The molecular weight excluding hydrogens is 462 g/mol. The molecule has 11 heteroatoms. The number of hydrogen-bond donors (Lipinski definition) is 2. The number of cyclic esters (lactones) is 1. The van der Waals surface area contributed by atoms with Crippen LogP contribution in [0.1, 0.15) is 62.0 Å². The van der Waals surface area contributed by atoms with E-state index in [0.717, 1.165) is 29.0 Å². The summed E-state index contributed by atoms with van der Waals surface area (Å²) >= 11 is 0. The average molecular weight is 486 g/mol. The fourth-order valence-electron chi connectivity index (χ4n) is 4.43. The molecule has 184 valence electrons. The van der Waals surface area contributed by atoms with Gasteiger partial charge in [0.2, 0.25) is 0 Å². The van der Waals surface area contributed by atoms with Gasteiger partial charge in [-0.1, -0.05) is 6.07 Å². The van der Waals surface area contributed by atoms with Gasteiger partial charge in [0.05, 0.1) is 11.7 Å². The van der Waals surface area contributed by atoms with E-state index in [1.165, 1.54) is 0 Å². The molecule has 2 aliphatic rings. The number of halogens is 2. The summed E-state index contributed by atoms with van der Waals surface area (Å²) in [5.74, 6) is -1.29. The predicted octanol–water partition coefficient (Wildman–Crippen LogP) is 2.46. The third-order valence-electron chi connectivity index (χ3n) is 6.36. The van der Waals surface area contributed by atoms with Crippen LogP contribution < -0.4 is 10.1 Å². The van der Waals surface area contributed by atoms with E-state index in [9.17, 15) is 23.5 Å². The number of aromatic nitrogens is 1. The van der Waals surface area contributed by atoms with Crippen molar-refractivity contribution in [2.24, 2.45) is 0 Å². The van der Waals surface area contributed by atoms with Crippen LogP contribution in [0.15, 0.2) is 24.4 Å². The van der Waals surface area contributed by atoms with Crippen LogP contribution >= 0.6 is 0 Å². The van der Waals surface area contributed by atoms with Crippen molar-refractivity contribution in [3.8, 4) is 11.8 Å². The predicted molar refractivity (Wildman–Crippen MR) is 118 cm³/mol. The number of likely N-dealkylation sites (tertiary alicyclic amines) is 1. The monoisotopic (exact) mass is 486 g/mol. The van der Waals surface area contributed by atoms with Crippen molar-refractivity contribution in [2.75, 3.05) is 19.6 Å². The van der Waals surface area contributed by atoms with Gasteiger partial charge in [-0.15, -0.1) is 0 Å². The molecule has 9 nitrogen and oxygen atoms in total. The molecule has 1 fully saturated rings. The lowest BCUT2D eigenvalue weighted by Crippen LogP contribution is -2.45. The van der Waals surface area contributed by atoms with Gasteiger partial charge in [0.1, 0.15) is 29.7 Å². The fourth-order valence-corrected chi connectivity index (χ4v) is 4.43. The second kappa shape index (κ2) is 10.3. The number of aliphatic hydroxyl groups excluding tert-OH is 1. The van der Waals surface area contributed by atoms with E-state index in [4.69, 9.17) is 10.00 Å². The van der Waals surface area contributed by atoms with Gasteiger partial charge in [0.25, 0.3) is 5.91 Å². The lowest BCUT2D eigenvalue weighted by molar-refractivity contribution is -0.0501. The van der Waals surface area contributed by atoms with Crippen molar-refractivity contribution in [3.63, 3.8) is 0 Å². The molecule has 0 bridgehead atoms. The Kier molecular flexibility index (Phi) is 7.23. The van der Waals surface area contributed by atoms with Gasteiger partial charge in [0, 0.05) is 43.5 Å². The molecule has 2 aromatic rings. The van der Waals surface area contributed by atoms with Crippen molar-refractivity contribution in [3.05, 3.63) is 57.9 Å². The first-order chi connectivity index (χ1) is 16.8. The van der Waals surface area contributed by atoms with Crippen LogP contribution in [0.4, 0.5) is 8.78 Å². The van der Waals surface area contributed by atoms with E-state index in [1.54, 1.807) is 18.2 Å². The number of benzene rings is 1. The number of nitriles is 1. The quantitative estimate of drug-likeness (QED) is 0.572. The molecule has 1 amide bonds. The lowest BCUT2D eigenvalue weighted by Gasteiger charge is -2.33. The highest BCUT2D eigenvalue weighted by molar-refractivity contribution is 5.94. The van der Waals surface area contributed by atoms with Crippen LogP contribution in [0, 0.1) is 18.3 Å². The van der Waals surface area contributed by atoms with Crippen molar-refractivity contribution in [1.82, 2.24) is 15.2 Å². The SMILES string of the molecule is Cc1c(C(O)CN2CCC(NC(=O)c3cc(OC(F)F)c(C#N)cn3)CC2)ccc2c1COC2=O. The van der Waals surface area contributed by atoms with Crippen molar-refractivity contribution < 1.29 is 33.0 Å². The van der Waals surface area contributed by atoms with E-state index < -0.39 is 24.4 Å². The number of amides is 1. The zero-order chi connectivity index (χ0) is 25.1.